The predicted molar refractivity (Wildman–Crippen MR) is 64.2 cm³/mol. The van der Waals surface area contributed by atoms with Crippen LogP contribution in [0, 0.1) is 5.92 Å². The van der Waals surface area contributed by atoms with Crippen LogP contribution in [0.1, 0.15) is 33.6 Å². The molecule has 0 radical (unpaired) electrons. The third kappa shape index (κ3) is 3.67. The summed E-state index contributed by atoms with van der Waals surface area (Å²) in [4.78, 5) is 8.23. The Bertz CT molecular complexity index is 282. The van der Waals surface area contributed by atoms with Gasteiger partial charge in [-0.05, 0) is 12.8 Å². The van der Waals surface area contributed by atoms with Gasteiger partial charge in [-0.1, -0.05) is 38.3 Å². The molecule has 1 heterocycles. The second kappa shape index (κ2) is 5.91. The number of nitrogens with zero attached hydrogens (tertiary/aromatic N) is 2. The van der Waals surface area contributed by atoms with E-state index in [9.17, 15) is 0 Å². The average Bonchev–Trinajstić information content (AvgIpc) is 2.23. The third-order valence-corrected chi connectivity index (χ3v) is 2.93. The van der Waals surface area contributed by atoms with Crippen molar-refractivity contribution in [3.8, 4) is 0 Å². The summed E-state index contributed by atoms with van der Waals surface area (Å²) in [6, 6.07) is 0.390. The Morgan fingerprint density at radius 3 is 2.27 bits per heavy atom. The van der Waals surface area contributed by atoms with Crippen LogP contribution in [-0.2, 0) is 0 Å². The molecular formula is C11H18ClN3. The molecule has 1 N–H and O–H groups in total. The minimum Gasteiger partial charge on any atom is -0.351 e. The third-order valence-electron chi connectivity index (χ3n) is 2.73. The first kappa shape index (κ1) is 12.2. The molecule has 0 bridgehead atoms. The summed E-state index contributed by atoms with van der Waals surface area (Å²) in [5, 5.41) is 3.86. The van der Waals surface area contributed by atoms with E-state index in [1.165, 1.54) is 0 Å². The van der Waals surface area contributed by atoms with Gasteiger partial charge in [0.1, 0.15) is 0 Å². The molecule has 0 aliphatic carbocycles. The van der Waals surface area contributed by atoms with Crippen molar-refractivity contribution in [3.63, 3.8) is 0 Å². The number of nitrogens with one attached hydrogen (secondary N) is 1. The molecule has 15 heavy (non-hydrogen) atoms. The summed E-state index contributed by atoms with van der Waals surface area (Å²) >= 11 is 5.71. The molecule has 0 fully saturated rings. The Kier molecular flexibility index (Phi) is 4.82. The Labute approximate surface area is 96.3 Å². The van der Waals surface area contributed by atoms with Crippen LogP contribution in [0.2, 0.25) is 5.02 Å². The van der Waals surface area contributed by atoms with E-state index in [0.29, 0.717) is 22.9 Å². The number of hydrogen-bond acceptors (Lipinski definition) is 3. The van der Waals surface area contributed by atoms with Gasteiger partial charge in [0.15, 0.2) is 0 Å². The lowest BCUT2D eigenvalue weighted by Crippen LogP contribution is -2.25. The van der Waals surface area contributed by atoms with E-state index in [0.717, 1.165) is 12.8 Å². The molecule has 0 aliphatic heterocycles. The van der Waals surface area contributed by atoms with Crippen molar-refractivity contribution >= 4 is 17.5 Å². The highest BCUT2D eigenvalue weighted by Gasteiger charge is 2.13. The highest BCUT2D eigenvalue weighted by atomic mass is 35.5. The molecule has 3 nitrogen and oxygen atoms in total. The summed E-state index contributed by atoms with van der Waals surface area (Å²) in [7, 11) is 0. The molecule has 4 heteroatoms. The maximum Gasteiger partial charge on any atom is 0.222 e. The zero-order valence-corrected chi connectivity index (χ0v) is 10.3. The van der Waals surface area contributed by atoms with Gasteiger partial charge in [-0.25, -0.2) is 9.97 Å². The molecule has 0 aromatic carbocycles. The Balaban J connectivity index is 2.57. The van der Waals surface area contributed by atoms with Gasteiger partial charge in [-0.15, -0.1) is 0 Å². The normalized spacial score (nSPS) is 12.9. The van der Waals surface area contributed by atoms with Crippen LogP contribution in [0.5, 0.6) is 0 Å². The Morgan fingerprint density at radius 2 is 1.80 bits per heavy atom. The van der Waals surface area contributed by atoms with E-state index in [1.54, 1.807) is 12.4 Å². The molecule has 1 rings (SSSR count). The van der Waals surface area contributed by atoms with Gasteiger partial charge in [0.05, 0.1) is 17.4 Å². The second-order valence-corrected chi connectivity index (χ2v) is 4.17. The largest absolute Gasteiger partial charge is 0.351 e. The van der Waals surface area contributed by atoms with E-state index in [1.807, 2.05) is 0 Å². The van der Waals surface area contributed by atoms with E-state index in [-0.39, 0.29) is 0 Å². The topological polar surface area (TPSA) is 37.8 Å². The smallest absolute Gasteiger partial charge is 0.222 e. The Hall–Kier alpha value is -0.830. The van der Waals surface area contributed by atoms with Crippen LogP contribution in [-0.4, -0.2) is 16.0 Å². The van der Waals surface area contributed by atoms with Gasteiger partial charge >= 0.3 is 0 Å². The van der Waals surface area contributed by atoms with Crippen molar-refractivity contribution in [2.24, 2.45) is 5.92 Å². The van der Waals surface area contributed by atoms with E-state index < -0.39 is 0 Å². The van der Waals surface area contributed by atoms with Gasteiger partial charge in [-0.3, -0.25) is 0 Å². The van der Waals surface area contributed by atoms with E-state index >= 15 is 0 Å². The van der Waals surface area contributed by atoms with Crippen molar-refractivity contribution in [3.05, 3.63) is 17.4 Å². The van der Waals surface area contributed by atoms with E-state index in [4.69, 9.17) is 11.6 Å². The maximum atomic E-state index is 5.71. The van der Waals surface area contributed by atoms with Crippen molar-refractivity contribution < 1.29 is 0 Å². The summed E-state index contributed by atoms with van der Waals surface area (Å²) in [6.07, 6.45) is 5.55. The van der Waals surface area contributed by atoms with Crippen molar-refractivity contribution in [1.29, 1.82) is 0 Å². The first-order chi connectivity index (χ1) is 7.17. The number of hydrogen-bond donors (Lipinski definition) is 1. The molecule has 0 saturated carbocycles. The van der Waals surface area contributed by atoms with Gasteiger partial charge < -0.3 is 5.32 Å². The molecule has 1 atom stereocenters. The molecule has 0 saturated heterocycles. The second-order valence-electron chi connectivity index (χ2n) is 3.73. The summed E-state index contributed by atoms with van der Waals surface area (Å²) in [5.41, 5.74) is 0. The van der Waals surface area contributed by atoms with Gasteiger partial charge in [0, 0.05) is 6.04 Å². The monoisotopic (exact) mass is 227 g/mol. The molecule has 1 aromatic heterocycles. The maximum absolute atomic E-state index is 5.71. The first-order valence-corrected chi connectivity index (χ1v) is 5.79. The summed E-state index contributed by atoms with van der Waals surface area (Å²) < 4.78 is 0. The quantitative estimate of drug-likeness (QED) is 0.838. The Morgan fingerprint density at radius 1 is 1.27 bits per heavy atom. The molecule has 84 valence electrons. The zero-order chi connectivity index (χ0) is 11.3. The van der Waals surface area contributed by atoms with Crippen molar-refractivity contribution in [2.75, 3.05) is 5.32 Å². The predicted octanol–water partition coefficient (Wildman–Crippen LogP) is 3.37. The van der Waals surface area contributed by atoms with Crippen molar-refractivity contribution in [2.45, 2.75) is 39.7 Å². The standard InChI is InChI=1S/C11H18ClN3/c1-4-9(5-2)8(3)15-11-13-6-10(12)7-14-11/h6-9H,4-5H2,1-3H3,(H,13,14,15). The van der Waals surface area contributed by atoms with Crippen LogP contribution in [0.15, 0.2) is 12.4 Å². The highest BCUT2D eigenvalue weighted by Crippen LogP contribution is 2.16. The highest BCUT2D eigenvalue weighted by molar-refractivity contribution is 6.30. The minimum atomic E-state index is 0.390. The average molecular weight is 228 g/mol. The zero-order valence-electron chi connectivity index (χ0n) is 9.50. The fraction of sp³-hybridized carbons (Fsp3) is 0.636. The molecule has 0 aliphatic rings. The number of halogens is 1. The lowest BCUT2D eigenvalue weighted by atomic mass is 9.96. The number of anilines is 1. The van der Waals surface area contributed by atoms with Crippen LogP contribution >= 0.6 is 11.6 Å². The van der Waals surface area contributed by atoms with Gasteiger partial charge in [0.25, 0.3) is 0 Å². The lowest BCUT2D eigenvalue weighted by molar-refractivity contribution is 0.436. The molecular weight excluding hydrogens is 210 g/mol. The summed E-state index contributed by atoms with van der Waals surface area (Å²) in [6.45, 7) is 6.57. The molecule has 0 spiro atoms. The first-order valence-electron chi connectivity index (χ1n) is 5.41. The van der Waals surface area contributed by atoms with Crippen LogP contribution < -0.4 is 5.32 Å². The van der Waals surface area contributed by atoms with Crippen LogP contribution in [0.25, 0.3) is 0 Å². The fourth-order valence-corrected chi connectivity index (χ4v) is 1.80. The van der Waals surface area contributed by atoms with Gasteiger partial charge in [-0.2, -0.15) is 0 Å². The van der Waals surface area contributed by atoms with Crippen LogP contribution in [0.4, 0.5) is 5.95 Å². The minimum absolute atomic E-state index is 0.390. The molecule has 1 unspecified atom stereocenters. The SMILES string of the molecule is CCC(CC)C(C)Nc1ncc(Cl)cn1. The lowest BCUT2D eigenvalue weighted by Gasteiger charge is -2.22. The number of aromatic nitrogens is 2. The molecule has 1 aromatic rings. The number of rotatable bonds is 5. The van der Waals surface area contributed by atoms with Crippen LogP contribution in [0.3, 0.4) is 0 Å². The molecule has 0 amide bonds. The fourth-order valence-electron chi connectivity index (χ4n) is 1.70. The summed E-state index contributed by atoms with van der Waals surface area (Å²) in [5.74, 6) is 1.31. The van der Waals surface area contributed by atoms with Gasteiger partial charge in [0.2, 0.25) is 5.95 Å². The van der Waals surface area contributed by atoms with E-state index in [2.05, 4.69) is 36.1 Å². The van der Waals surface area contributed by atoms with Crippen molar-refractivity contribution in [1.82, 2.24) is 9.97 Å².